The van der Waals surface area contributed by atoms with Crippen molar-refractivity contribution in [2.45, 2.75) is 25.2 Å². The zero-order valence-electron chi connectivity index (χ0n) is 19.0. The lowest BCUT2D eigenvalue weighted by Crippen LogP contribution is -2.37. The second-order valence-electron chi connectivity index (χ2n) is 8.95. The number of rotatable bonds is 4. The van der Waals surface area contributed by atoms with E-state index in [9.17, 15) is 9.18 Å². The first-order chi connectivity index (χ1) is 16.5. The fourth-order valence-corrected chi connectivity index (χ4v) is 5.51. The van der Waals surface area contributed by atoms with Gasteiger partial charge in [0.2, 0.25) is 0 Å². The normalized spacial score (nSPS) is 19.0. The van der Waals surface area contributed by atoms with E-state index in [0.29, 0.717) is 27.4 Å². The van der Waals surface area contributed by atoms with E-state index >= 15 is 0 Å². The quantitative estimate of drug-likeness (QED) is 0.363. The summed E-state index contributed by atoms with van der Waals surface area (Å²) in [6, 6.07) is 16.0. The molecule has 3 aromatic rings. The Morgan fingerprint density at radius 2 is 1.65 bits per heavy atom. The number of carbonyl (C=O) groups is 1. The number of benzene rings is 2. The molecular formula is C27H29Cl2FN2OS. The summed E-state index contributed by atoms with van der Waals surface area (Å²) >= 11 is 13.7. The molecule has 0 radical (unpaired) electrons. The topological polar surface area (TPSA) is 23.6 Å². The Morgan fingerprint density at radius 1 is 0.941 bits per heavy atom. The summed E-state index contributed by atoms with van der Waals surface area (Å²) in [7, 11) is 0. The van der Waals surface area contributed by atoms with E-state index in [0.717, 1.165) is 52.0 Å². The molecule has 0 spiro atoms. The number of likely N-dealkylation sites (tertiary alicyclic amines) is 2. The maximum absolute atomic E-state index is 13.1. The van der Waals surface area contributed by atoms with E-state index < -0.39 is 0 Å². The van der Waals surface area contributed by atoms with Gasteiger partial charge in [-0.3, -0.25) is 4.79 Å². The highest BCUT2D eigenvalue weighted by molar-refractivity contribution is 7.07. The molecule has 3 heterocycles. The van der Waals surface area contributed by atoms with Crippen LogP contribution in [0.3, 0.4) is 0 Å². The van der Waals surface area contributed by atoms with Crippen LogP contribution >= 0.6 is 34.5 Å². The van der Waals surface area contributed by atoms with E-state index in [4.69, 9.17) is 23.2 Å². The number of piperidine rings is 1. The molecule has 1 unspecified atom stereocenters. The average molecular weight is 520 g/mol. The average Bonchev–Trinajstić information content (AvgIpc) is 3.57. The van der Waals surface area contributed by atoms with Crippen LogP contribution in [0.1, 0.15) is 41.1 Å². The number of hydrogen-bond acceptors (Lipinski definition) is 3. The fourth-order valence-electron chi connectivity index (χ4n) is 4.75. The molecule has 2 aromatic carbocycles. The summed E-state index contributed by atoms with van der Waals surface area (Å²) in [5, 5.41) is 4.96. The monoisotopic (exact) mass is 518 g/mol. The minimum atomic E-state index is -0.174. The third-order valence-corrected chi connectivity index (χ3v) is 7.98. The Balaban J connectivity index is 0.000000486. The largest absolute Gasteiger partial charge is 0.338 e. The van der Waals surface area contributed by atoms with Crippen LogP contribution in [0.15, 0.2) is 65.4 Å². The maximum atomic E-state index is 13.1. The summed E-state index contributed by atoms with van der Waals surface area (Å²) in [6.45, 7) is 4.71. The molecule has 1 amide bonds. The molecular weight excluding hydrogens is 490 g/mol. The molecule has 180 valence electrons. The van der Waals surface area contributed by atoms with Gasteiger partial charge < -0.3 is 9.80 Å². The third-order valence-electron chi connectivity index (χ3n) is 6.61. The van der Waals surface area contributed by atoms with Crippen molar-refractivity contribution in [3.8, 4) is 0 Å². The van der Waals surface area contributed by atoms with Crippen LogP contribution in [0.5, 0.6) is 0 Å². The van der Waals surface area contributed by atoms with Crippen LogP contribution in [0.2, 0.25) is 10.0 Å². The minimum Gasteiger partial charge on any atom is -0.338 e. The Hall–Kier alpha value is -1.92. The van der Waals surface area contributed by atoms with Crippen molar-refractivity contribution in [1.82, 2.24) is 9.80 Å². The minimum absolute atomic E-state index is 0.0288. The number of halogens is 3. The first kappa shape index (κ1) is 25.2. The molecule has 0 N–H and O–H groups in total. The van der Waals surface area contributed by atoms with Gasteiger partial charge in [0.1, 0.15) is 5.82 Å². The van der Waals surface area contributed by atoms with E-state index in [1.165, 1.54) is 5.56 Å². The fraction of sp³-hybridized carbons (Fsp3) is 0.370. The summed E-state index contributed by atoms with van der Waals surface area (Å²) in [5.41, 5.74) is 1.84. The summed E-state index contributed by atoms with van der Waals surface area (Å²) in [5.74, 6) is 0.876. The van der Waals surface area contributed by atoms with Crippen LogP contribution < -0.4 is 0 Å². The summed E-state index contributed by atoms with van der Waals surface area (Å²) < 4.78 is 13.1. The molecule has 0 bridgehead atoms. The molecule has 5 rings (SSSR count). The van der Waals surface area contributed by atoms with E-state index in [-0.39, 0.29) is 11.7 Å². The Kier molecular flexibility index (Phi) is 9.01. The molecule has 1 atom stereocenters. The van der Waals surface area contributed by atoms with Crippen molar-refractivity contribution in [2.75, 3.05) is 32.7 Å². The molecule has 0 saturated carbocycles. The number of amides is 1. The van der Waals surface area contributed by atoms with Crippen molar-refractivity contribution >= 4 is 40.4 Å². The summed E-state index contributed by atoms with van der Waals surface area (Å²) in [6.07, 6.45) is 3.24. The second kappa shape index (κ2) is 12.2. The van der Waals surface area contributed by atoms with Crippen LogP contribution in [-0.2, 0) is 0 Å². The van der Waals surface area contributed by atoms with Crippen molar-refractivity contribution in [2.24, 2.45) is 5.92 Å². The van der Waals surface area contributed by atoms with Crippen LogP contribution in [-0.4, -0.2) is 48.4 Å². The first-order valence-electron chi connectivity index (χ1n) is 11.7. The Bertz CT molecular complexity index is 1040. The molecule has 34 heavy (non-hydrogen) atoms. The van der Waals surface area contributed by atoms with Gasteiger partial charge in [0, 0.05) is 25.2 Å². The highest BCUT2D eigenvalue weighted by atomic mass is 35.5. The zero-order valence-corrected chi connectivity index (χ0v) is 21.3. The van der Waals surface area contributed by atoms with Crippen molar-refractivity contribution in [3.63, 3.8) is 0 Å². The number of carbonyl (C=O) groups excluding carboxylic acids is 1. The molecule has 2 fully saturated rings. The smallest absolute Gasteiger partial charge is 0.253 e. The Morgan fingerprint density at radius 3 is 2.26 bits per heavy atom. The van der Waals surface area contributed by atoms with E-state index in [2.05, 4.69) is 4.90 Å². The predicted molar refractivity (Wildman–Crippen MR) is 140 cm³/mol. The number of hydrogen-bond donors (Lipinski definition) is 0. The van der Waals surface area contributed by atoms with Gasteiger partial charge in [0.05, 0.1) is 10.0 Å². The van der Waals surface area contributed by atoms with Gasteiger partial charge >= 0.3 is 0 Å². The predicted octanol–water partition coefficient (Wildman–Crippen LogP) is 7.22. The van der Waals surface area contributed by atoms with Gasteiger partial charge in [-0.2, -0.15) is 11.3 Å². The van der Waals surface area contributed by atoms with Crippen molar-refractivity contribution in [1.29, 1.82) is 0 Å². The third kappa shape index (κ3) is 6.82. The lowest BCUT2D eigenvalue weighted by Gasteiger charge is -2.33. The molecule has 2 saturated heterocycles. The zero-order chi connectivity index (χ0) is 23.9. The number of nitrogens with zero attached hydrogens (tertiary/aromatic N) is 2. The Labute approximate surface area is 215 Å². The SMILES string of the molecule is O=C(c1ccc(Cl)c(Cl)c1)N1CCC(CN2CCC(c3ccc(F)cc3)CC2)C1.c1ccsc1. The first-order valence-corrected chi connectivity index (χ1v) is 13.4. The molecule has 2 aliphatic rings. The van der Waals surface area contributed by atoms with E-state index in [1.807, 2.05) is 39.9 Å². The van der Waals surface area contributed by atoms with Gasteiger partial charge in [-0.25, -0.2) is 4.39 Å². The number of thiophene rings is 1. The second-order valence-corrected chi connectivity index (χ2v) is 10.6. The molecule has 1 aromatic heterocycles. The molecule has 7 heteroatoms. The lowest BCUT2D eigenvalue weighted by molar-refractivity contribution is 0.0782. The van der Waals surface area contributed by atoms with Gasteiger partial charge in [0.25, 0.3) is 5.91 Å². The van der Waals surface area contributed by atoms with E-state index in [1.54, 1.807) is 41.7 Å². The van der Waals surface area contributed by atoms with Gasteiger partial charge in [0.15, 0.2) is 0 Å². The lowest BCUT2D eigenvalue weighted by atomic mass is 9.89. The maximum Gasteiger partial charge on any atom is 0.253 e. The van der Waals surface area contributed by atoms with Crippen LogP contribution in [0, 0.1) is 11.7 Å². The molecule has 3 nitrogen and oxygen atoms in total. The van der Waals surface area contributed by atoms with Crippen LogP contribution in [0.4, 0.5) is 4.39 Å². The van der Waals surface area contributed by atoms with Crippen LogP contribution in [0.25, 0.3) is 0 Å². The standard InChI is InChI=1S/C23H25Cl2FN2O.C4H4S/c24-21-6-3-19(13-22(21)25)23(29)28-12-7-16(15-28)14-27-10-8-18(9-11-27)17-1-4-20(26)5-2-17;1-2-4-5-3-1/h1-6,13,16,18H,7-12,14-15H2;1-4H. The van der Waals surface area contributed by atoms with Gasteiger partial charge in [-0.1, -0.05) is 47.5 Å². The highest BCUT2D eigenvalue weighted by Gasteiger charge is 2.30. The molecule has 0 aliphatic carbocycles. The molecule has 2 aliphatic heterocycles. The van der Waals surface area contributed by atoms with Gasteiger partial charge in [-0.15, -0.1) is 0 Å². The summed E-state index contributed by atoms with van der Waals surface area (Å²) in [4.78, 5) is 17.2. The van der Waals surface area contributed by atoms with Crippen molar-refractivity contribution in [3.05, 3.63) is 92.3 Å². The van der Waals surface area contributed by atoms with Crippen molar-refractivity contribution < 1.29 is 9.18 Å². The van der Waals surface area contributed by atoms with Gasteiger partial charge in [-0.05, 0) is 90.8 Å². The highest BCUT2D eigenvalue weighted by Crippen LogP contribution is 2.30.